The van der Waals surface area contributed by atoms with Crippen LogP contribution in [0.2, 0.25) is 0 Å². The molecule has 1 atom stereocenters. The highest BCUT2D eigenvalue weighted by atomic mass is 15.3. The Morgan fingerprint density at radius 3 is 2.88 bits per heavy atom. The number of anilines is 1. The molecule has 1 unspecified atom stereocenters. The molecule has 2 aromatic rings. The third-order valence-corrected chi connectivity index (χ3v) is 3.30. The summed E-state index contributed by atoms with van der Waals surface area (Å²) >= 11 is 0. The molecule has 4 nitrogen and oxygen atoms in total. The van der Waals surface area contributed by atoms with Crippen LogP contribution < -0.4 is 5.32 Å². The number of fused-ring (bicyclic) bond motifs is 1. The molecule has 0 spiro atoms. The van der Waals surface area contributed by atoms with E-state index in [-0.39, 0.29) is 0 Å². The van der Waals surface area contributed by atoms with Gasteiger partial charge in [0.25, 0.3) is 0 Å². The predicted octanol–water partition coefficient (Wildman–Crippen LogP) is 2.46. The Balaban J connectivity index is 2.08. The fourth-order valence-electron chi connectivity index (χ4n) is 2.30. The Hall–Kier alpha value is -1.84. The summed E-state index contributed by atoms with van der Waals surface area (Å²) < 4.78 is 2.07. The van der Waals surface area contributed by atoms with E-state index in [2.05, 4.69) is 33.9 Å². The van der Waals surface area contributed by atoms with E-state index in [4.69, 9.17) is 0 Å². The molecule has 3 rings (SSSR count). The first-order valence-electron chi connectivity index (χ1n) is 6.00. The van der Waals surface area contributed by atoms with Gasteiger partial charge in [-0.15, -0.1) is 0 Å². The van der Waals surface area contributed by atoms with E-state index in [1.165, 1.54) is 5.56 Å². The van der Waals surface area contributed by atoms with Crippen LogP contribution in [0.25, 0.3) is 11.3 Å². The first-order chi connectivity index (χ1) is 8.25. The summed E-state index contributed by atoms with van der Waals surface area (Å²) in [5.74, 6) is 1.16. The van der Waals surface area contributed by atoms with Gasteiger partial charge in [0.15, 0.2) is 0 Å². The summed E-state index contributed by atoms with van der Waals surface area (Å²) in [7, 11) is 0. The maximum absolute atomic E-state index is 4.68. The molecule has 1 aliphatic heterocycles. The molecule has 3 heterocycles. The second kappa shape index (κ2) is 3.87. The number of pyridine rings is 1. The number of nitrogens with zero attached hydrogens (tertiary/aromatic N) is 3. The lowest BCUT2D eigenvalue weighted by atomic mass is 10.1. The number of aromatic nitrogens is 3. The normalized spacial score (nSPS) is 18.6. The zero-order valence-electron chi connectivity index (χ0n) is 10.1. The van der Waals surface area contributed by atoms with Gasteiger partial charge in [0.1, 0.15) is 5.82 Å². The monoisotopic (exact) mass is 228 g/mol. The van der Waals surface area contributed by atoms with Gasteiger partial charge in [-0.2, -0.15) is 5.10 Å². The topological polar surface area (TPSA) is 42.7 Å². The third kappa shape index (κ3) is 1.69. The van der Waals surface area contributed by atoms with Crippen molar-refractivity contribution in [2.24, 2.45) is 0 Å². The van der Waals surface area contributed by atoms with Crippen LogP contribution in [0.3, 0.4) is 0 Å². The molecule has 4 heteroatoms. The second-order valence-corrected chi connectivity index (χ2v) is 4.62. The van der Waals surface area contributed by atoms with E-state index in [0.29, 0.717) is 6.04 Å². The molecule has 0 saturated heterocycles. The number of hydrogen-bond acceptors (Lipinski definition) is 3. The lowest BCUT2D eigenvalue weighted by Crippen LogP contribution is -2.26. The van der Waals surface area contributed by atoms with E-state index < -0.39 is 0 Å². The summed E-state index contributed by atoms with van der Waals surface area (Å²) in [5, 5.41) is 8.18. The van der Waals surface area contributed by atoms with Crippen molar-refractivity contribution in [2.75, 3.05) is 5.32 Å². The van der Waals surface area contributed by atoms with Crippen molar-refractivity contribution >= 4 is 5.82 Å². The largest absolute Gasteiger partial charge is 0.368 e. The molecule has 1 aliphatic rings. The molecule has 1 N–H and O–H groups in total. The summed E-state index contributed by atoms with van der Waals surface area (Å²) in [4.78, 5) is 4.04. The number of hydrogen-bond donors (Lipinski definition) is 1. The van der Waals surface area contributed by atoms with Gasteiger partial charge in [0, 0.05) is 36.1 Å². The first-order valence-corrected chi connectivity index (χ1v) is 6.00. The Morgan fingerprint density at radius 2 is 2.12 bits per heavy atom. The second-order valence-electron chi connectivity index (χ2n) is 4.62. The Kier molecular flexibility index (Phi) is 2.35. The zero-order chi connectivity index (χ0) is 11.8. The highest BCUT2D eigenvalue weighted by molar-refractivity contribution is 5.68. The van der Waals surface area contributed by atoms with Gasteiger partial charge in [0.05, 0.1) is 5.69 Å². The average molecular weight is 228 g/mol. The van der Waals surface area contributed by atoms with Crippen molar-refractivity contribution in [2.45, 2.75) is 32.9 Å². The van der Waals surface area contributed by atoms with Crippen molar-refractivity contribution in [3.05, 3.63) is 30.1 Å². The number of aryl methyl sites for hydroxylation is 1. The number of nitrogens with one attached hydrogen (secondary N) is 1. The summed E-state index contributed by atoms with van der Waals surface area (Å²) in [6.45, 7) is 5.33. The maximum Gasteiger partial charge on any atom is 0.128 e. The molecule has 0 fully saturated rings. The fourth-order valence-corrected chi connectivity index (χ4v) is 2.30. The van der Waals surface area contributed by atoms with E-state index in [1.807, 2.05) is 24.5 Å². The Labute approximate surface area is 101 Å². The van der Waals surface area contributed by atoms with Crippen molar-refractivity contribution in [3.8, 4) is 11.3 Å². The smallest absolute Gasteiger partial charge is 0.128 e. The fraction of sp³-hybridized carbons (Fsp3) is 0.385. The molecule has 0 radical (unpaired) electrons. The molecule has 88 valence electrons. The van der Waals surface area contributed by atoms with Crippen LogP contribution in [0.15, 0.2) is 24.5 Å². The number of rotatable bonds is 1. The van der Waals surface area contributed by atoms with E-state index in [0.717, 1.165) is 30.0 Å². The standard InChI is InChI=1S/C13H16N4/c1-9-5-8-17-13(15-9)10(2)12(16-17)11-3-6-14-7-4-11/h3-4,6-7,9,15H,5,8H2,1-2H3. The maximum atomic E-state index is 4.68. The summed E-state index contributed by atoms with van der Waals surface area (Å²) in [6, 6.07) is 4.54. The van der Waals surface area contributed by atoms with Crippen LogP contribution in [0.5, 0.6) is 0 Å². The lowest BCUT2D eigenvalue weighted by Gasteiger charge is -2.22. The quantitative estimate of drug-likeness (QED) is 0.815. The Morgan fingerprint density at radius 1 is 1.35 bits per heavy atom. The molecule has 0 saturated carbocycles. The van der Waals surface area contributed by atoms with E-state index in [9.17, 15) is 0 Å². The van der Waals surface area contributed by atoms with Gasteiger partial charge in [-0.05, 0) is 32.4 Å². The molecule has 0 bridgehead atoms. The van der Waals surface area contributed by atoms with Crippen LogP contribution >= 0.6 is 0 Å². The minimum Gasteiger partial charge on any atom is -0.368 e. The van der Waals surface area contributed by atoms with Gasteiger partial charge in [-0.25, -0.2) is 4.68 Å². The van der Waals surface area contributed by atoms with Crippen molar-refractivity contribution in [3.63, 3.8) is 0 Å². The first kappa shape index (κ1) is 10.3. The van der Waals surface area contributed by atoms with Crippen LogP contribution in [0.4, 0.5) is 5.82 Å². The van der Waals surface area contributed by atoms with Gasteiger partial charge >= 0.3 is 0 Å². The van der Waals surface area contributed by atoms with Gasteiger partial charge in [0.2, 0.25) is 0 Å². The van der Waals surface area contributed by atoms with Crippen molar-refractivity contribution in [1.82, 2.24) is 14.8 Å². The average Bonchev–Trinajstić information content (AvgIpc) is 2.68. The summed E-state index contributed by atoms with van der Waals surface area (Å²) in [6.07, 6.45) is 4.75. The lowest BCUT2D eigenvalue weighted by molar-refractivity contribution is 0.512. The van der Waals surface area contributed by atoms with Gasteiger partial charge in [-0.1, -0.05) is 0 Å². The van der Waals surface area contributed by atoms with Gasteiger partial charge < -0.3 is 5.32 Å². The van der Waals surface area contributed by atoms with Crippen LogP contribution in [0, 0.1) is 6.92 Å². The SMILES string of the molecule is Cc1c(-c2ccncc2)nn2c1NC(C)CC2. The predicted molar refractivity (Wildman–Crippen MR) is 67.9 cm³/mol. The molecular formula is C13H16N4. The molecular weight excluding hydrogens is 212 g/mol. The molecule has 2 aromatic heterocycles. The highest BCUT2D eigenvalue weighted by Crippen LogP contribution is 2.30. The van der Waals surface area contributed by atoms with Crippen molar-refractivity contribution in [1.29, 1.82) is 0 Å². The van der Waals surface area contributed by atoms with Crippen LogP contribution in [-0.4, -0.2) is 20.8 Å². The Bertz CT molecular complexity index is 530. The highest BCUT2D eigenvalue weighted by Gasteiger charge is 2.20. The molecule has 0 aromatic carbocycles. The minimum absolute atomic E-state index is 0.531. The molecule has 0 amide bonds. The van der Waals surface area contributed by atoms with Crippen molar-refractivity contribution < 1.29 is 0 Å². The molecule has 0 aliphatic carbocycles. The minimum atomic E-state index is 0.531. The van der Waals surface area contributed by atoms with E-state index >= 15 is 0 Å². The van der Waals surface area contributed by atoms with Crippen LogP contribution in [0.1, 0.15) is 18.9 Å². The molecule has 17 heavy (non-hydrogen) atoms. The third-order valence-electron chi connectivity index (χ3n) is 3.30. The zero-order valence-corrected chi connectivity index (χ0v) is 10.1. The van der Waals surface area contributed by atoms with Gasteiger partial charge in [-0.3, -0.25) is 4.98 Å². The van der Waals surface area contributed by atoms with E-state index in [1.54, 1.807) is 0 Å². The summed E-state index contributed by atoms with van der Waals surface area (Å²) in [5.41, 5.74) is 3.42. The van der Waals surface area contributed by atoms with Crippen LogP contribution in [-0.2, 0) is 6.54 Å².